The fraction of sp³-hybridized carbons (Fsp3) is 0.520. The first kappa shape index (κ1) is 24.6. The lowest BCUT2D eigenvalue weighted by Gasteiger charge is -2.35. The van der Waals surface area contributed by atoms with Gasteiger partial charge in [0.1, 0.15) is 12.1 Å². The summed E-state index contributed by atoms with van der Waals surface area (Å²) in [4.78, 5) is 28.9. The van der Waals surface area contributed by atoms with Crippen LogP contribution in [0.25, 0.3) is 11.2 Å². The van der Waals surface area contributed by atoms with Crippen LogP contribution in [0.3, 0.4) is 0 Å². The van der Waals surface area contributed by atoms with Crippen LogP contribution < -0.4 is 4.90 Å². The average Bonchev–Trinajstić information content (AvgIpc) is 3.59. The number of anilines is 1. The zero-order chi connectivity index (χ0) is 25.4. The van der Waals surface area contributed by atoms with Gasteiger partial charge in [-0.1, -0.05) is 12.1 Å². The summed E-state index contributed by atoms with van der Waals surface area (Å²) in [7, 11) is 0. The van der Waals surface area contributed by atoms with E-state index in [2.05, 4.69) is 15.0 Å². The minimum Gasteiger partial charge on any atom is -0.391 e. The van der Waals surface area contributed by atoms with Crippen LogP contribution in [0.15, 0.2) is 36.9 Å². The number of imidazole rings is 1. The van der Waals surface area contributed by atoms with Crippen molar-refractivity contribution in [3.63, 3.8) is 0 Å². The highest BCUT2D eigenvalue weighted by Gasteiger charge is 2.34. The van der Waals surface area contributed by atoms with Crippen LogP contribution in [0.5, 0.6) is 0 Å². The predicted octanol–water partition coefficient (Wildman–Crippen LogP) is 3.29. The van der Waals surface area contributed by atoms with Crippen LogP contribution in [-0.4, -0.2) is 67.1 Å². The van der Waals surface area contributed by atoms with Crippen molar-refractivity contribution in [3.8, 4) is 0 Å². The fourth-order valence-corrected chi connectivity index (χ4v) is 4.99. The molecule has 1 saturated carbocycles. The number of rotatable bonds is 8. The average molecular weight is 503 g/mol. The third-order valence-corrected chi connectivity index (χ3v) is 6.93. The lowest BCUT2D eigenvalue weighted by molar-refractivity contribution is -0.137. The third-order valence-electron chi connectivity index (χ3n) is 6.93. The molecule has 3 aromatic rings. The molecule has 2 aliphatic rings. The first-order chi connectivity index (χ1) is 17.2. The van der Waals surface area contributed by atoms with Gasteiger partial charge in [0.2, 0.25) is 0 Å². The Bertz CT molecular complexity index is 1240. The molecule has 2 aromatic heterocycles. The number of alkyl halides is 3. The lowest BCUT2D eigenvalue weighted by atomic mass is 9.93. The Hall–Kier alpha value is -3.05. The molecule has 1 saturated heterocycles. The molecular formula is C25H29F3N6O2. The molecule has 2 unspecified atom stereocenters. The summed E-state index contributed by atoms with van der Waals surface area (Å²) >= 11 is 0. The van der Waals surface area contributed by atoms with Crippen molar-refractivity contribution in [1.82, 2.24) is 24.4 Å². The molecule has 0 radical (unpaired) electrons. The van der Waals surface area contributed by atoms with E-state index in [9.17, 15) is 23.1 Å². The van der Waals surface area contributed by atoms with E-state index in [1.54, 1.807) is 19.3 Å². The van der Waals surface area contributed by atoms with Gasteiger partial charge >= 0.3 is 6.18 Å². The molecule has 11 heteroatoms. The van der Waals surface area contributed by atoms with Gasteiger partial charge < -0.3 is 14.6 Å². The number of fused-ring (bicyclic) bond motifs is 1. The van der Waals surface area contributed by atoms with E-state index in [0.717, 1.165) is 31.9 Å². The van der Waals surface area contributed by atoms with Crippen molar-refractivity contribution in [2.24, 2.45) is 5.92 Å². The molecule has 1 N–H and O–H groups in total. The molecule has 36 heavy (non-hydrogen) atoms. The molecule has 192 valence electrons. The van der Waals surface area contributed by atoms with E-state index in [-0.39, 0.29) is 17.7 Å². The Labute approximate surface area is 206 Å². The molecule has 1 aromatic carbocycles. The number of aromatic nitrogens is 4. The van der Waals surface area contributed by atoms with Crippen molar-refractivity contribution in [3.05, 3.63) is 48.0 Å². The van der Waals surface area contributed by atoms with Gasteiger partial charge in [0.15, 0.2) is 17.0 Å². The Balaban J connectivity index is 1.37. The van der Waals surface area contributed by atoms with Crippen molar-refractivity contribution < 1.29 is 23.1 Å². The van der Waals surface area contributed by atoms with Gasteiger partial charge in [-0.25, -0.2) is 15.0 Å². The Kier molecular flexibility index (Phi) is 6.69. The molecule has 1 aliphatic carbocycles. The number of nitrogens with zero attached hydrogens (tertiary/aromatic N) is 6. The number of likely N-dealkylation sites (tertiary alicyclic amines) is 1. The molecule has 2 fully saturated rings. The summed E-state index contributed by atoms with van der Waals surface area (Å²) in [6.45, 7) is 3.90. The van der Waals surface area contributed by atoms with Crippen LogP contribution in [0, 0.1) is 5.92 Å². The maximum atomic E-state index is 13.2. The van der Waals surface area contributed by atoms with Gasteiger partial charge in [-0.15, -0.1) is 0 Å². The zero-order valence-corrected chi connectivity index (χ0v) is 20.0. The lowest BCUT2D eigenvalue weighted by Crippen LogP contribution is -2.46. The van der Waals surface area contributed by atoms with E-state index in [4.69, 9.17) is 0 Å². The summed E-state index contributed by atoms with van der Waals surface area (Å²) in [5.74, 6) is 0.681. The van der Waals surface area contributed by atoms with Crippen LogP contribution >= 0.6 is 0 Å². The number of hydrogen-bond donors (Lipinski definition) is 1. The number of carbonyl (C=O) groups excluding carboxylic acids is 1. The van der Waals surface area contributed by atoms with Crippen molar-refractivity contribution in [2.45, 2.75) is 57.6 Å². The third kappa shape index (κ3) is 5.36. The summed E-state index contributed by atoms with van der Waals surface area (Å²) in [6.07, 6.45) is 0.813. The smallest absolute Gasteiger partial charge is 0.391 e. The largest absolute Gasteiger partial charge is 0.416 e. The van der Waals surface area contributed by atoms with E-state index < -0.39 is 17.8 Å². The second-order valence-electron chi connectivity index (χ2n) is 9.88. The summed E-state index contributed by atoms with van der Waals surface area (Å²) < 4.78 is 41.6. The Morgan fingerprint density at radius 2 is 2.00 bits per heavy atom. The van der Waals surface area contributed by atoms with Crippen LogP contribution in [-0.2, 0) is 24.1 Å². The molecule has 0 amide bonds. The van der Waals surface area contributed by atoms with Gasteiger partial charge in [0.25, 0.3) is 0 Å². The number of aliphatic hydroxyl groups excluding tert-OH is 1. The van der Waals surface area contributed by atoms with E-state index in [0.29, 0.717) is 48.7 Å². The normalized spacial score (nSPS) is 21.1. The molecule has 5 rings (SSSR count). The van der Waals surface area contributed by atoms with Gasteiger partial charge in [0.05, 0.1) is 24.5 Å². The molecule has 8 nitrogen and oxygen atoms in total. The Morgan fingerprint density at radius 3 is 2.69 bits per heavy atom. The number of halogens is 3. The van der Waals surface area contributed by atoms with Crippen LogP contribution in [0.2, 0.25) is 0 Å². The summed E-state index contributed by atoms with van der Waals surface area (Å²) in [6, 6.07) is 5.58. The topological polar surface area (TPSA) is 87.4 Å². The highest BCUT2D eigenvalue weighted by molar-refractivity contribution is 5.83. The SMILES string of the molecule is CC(=O)CN1CCC(Cn2cnc3c(N(Cc4cccc(C(F)(F)F)c4)C4CC4)ncnc32)C(O)C1. The first-order valence-corrected chi connectivity index (χ1v) is 12.2. The number of Topliss-reactive ketones (excluding diaryl/α,β-unsaturated/α-hetero) is 1. The number of β-amino-alcohol motifs (C(OH)–C–C–N with tert-alkyl or cyclic N) is 1. The van der Waals surface area contributed by atoms with Crippen LogP contribution in [0.1, 0.15) is 37.3 Å². The van der Waals surface area contributed by atoms with Gasteiger partial charge in [-0.3, -0.25) is 9.69 Å². The maximum absolute atomic E-state index is 13.2. The minimum atomic E-state index is -4.39. The van der Waals surface area contributed by atoms with Gasteiger partial charge in [-0.05, 0) is 50.4 Å². The fourth-order valence-electron chi connectivity index (χ4n) is 4.99. The van der Waals surface area contributed by atoms with E-state index >= 15 is 0 Å². The highest BCUT2D eigenvalue weighted by atomic mass is 19.4. The van der Waals surface area contributed by atoms with Gasteiger partial charge in [-0.2, -0.15) is 13.2 Å². The standard InChI is InChI=1S/C25H29F3N6O2/c1-16(35)10-32-8-7-18(21(36)13-32)12-33-15-31-22-23(33)29-14-30-24(22)34(20-5-6-20)11-17-3-2-4-19(9-17)25(26,27)28/h2-4,9,14-15,18,20-21,36H,5-8,10-13H2,1H3. The van der Waals surface area contributed by atoms with Gasteiger partial charge in [0, 0.05) is 31.6 Å². The monoisotopic (exact) mass is 502 g/mol. The van der Waals surface area contributed by atoms with E-state index in [1.165, 1.54) is 18.5 Å². The number of ketones is 1. The molecule has 2 atom stereocenters. The van der Waals surface area contributed by atoms with Crippen molar-refractivity contribution in [1.29, 1.82) is 0 Å². The molecule has 0 bridgehead atoms. The number of benzene rings is 1. The highest BCUT2D eigenvalue weighted by Crippen LogP contribution is 2.36. The number of carbonyl (C=O) groups is 1. The number of hydrogen-bond acceptors (Lipinski definition) is 7. The second-order valence-corrected chi connectivity index (χ2v) is 9.88. The summed E-state index contributed by atoms with van der Waals surface area (Å²) in [5.41, 5.74) is 1.12. The van der Waals surface area contributed by atoms with E-state index in [1.807, 2.05) is 14.4 Å². The molecular weight excluding hydrogens is 473 g/mol. The number of piperidine rings is 1. The maximum Gasteiger partial charge on any atom is 0.416 e. The predicted molar refractivity (Wildman–Crippen MR) is 127 cm³/mol. The van der Waals surface area contributed by atoms with Crippen molar-refractivity contribution >= 4 is 22.8 Å². The quantitative estimate of drug-likeness (QED) is 0.506. The zero-order valence-electron chi connectivity index (χ0n) is 20.0. The number of aliphatic hydroxyl groups is 1. The Morgan fingerprint density at radius 1 is 1.19 bits per heavy atom. The van der Waals surface area contributed by atoms with Crippen molar-refractivity contribution in [2.75, 3.05) is 24.5 Å². The molecule has 0 spiro atoms. The summed E-state index contributed by atoms with van der Waals surface area (Å²) in [5, 5.41) is 10.7. The molecule has 1 aliphatic heterocycles. The first-order valence-electron chi connectivity index (χ1n) is 12.2. The second kappa shape index (κ2) is 9.78. The minimum absolute atomic E-state index is 0.00586. The van der Waals surface area contributed by atoms with Crippen LogP contribution in [0.4, 0.5) is 19.0 Å². The molecule has 3 heterocycles.